The molecule has 2 nitrogen and oxygen atoms in total. The van der Waals surface area contributed by atoms with Crippen molar-refractivity contribution in [2.75, 3.05) is 27.2 Å². The van der Waals surface area contributed by atoms with Crippen LogP contribution in [0.4, 0.5) is 0 Å². The summed E-state index contributed by atoms with van der Waals surface area (Å²) in [5, 5.41) is 8.70. The molecule has 0 amide bonds. The van der Waals surface area contributed by atoms with Crippen LogP contribution in [0.5, 0.6) is 0 Å². The molecule has 0 spiro atoms. The Labute approximate surface area is 115 Å². The first kappa shape index (κ1) is 17.4. The van der Waals surface area contributed by atoms with Gasteiger partial charge in [0.1, 0.15) is 6.07 Å². The summed E-state index contributed by atoms with van der Waals surface area (Å²) in [6, 6.07) is 2.27. The van der Waals surface area contributed by atoms with E-state index in [1.54, 1.807) is 0 Å². The molecule has 0 aromatic rings. The molecule has 0 aliphatic heterocycles. The quantitative estimate of drug-likeness (QED) is 0.285. The lowest BCUT2D eigenvalue weighted by molar-refractivity contribution is -0.883. The van der Waals surface area contributed by atoms with Crippen LogP contribution in [0.2, 0.25) is 0 Å². The number of rotatable bonds is 12. The summed E-state index contributed by atoms with van der Waals surface area (Å²) >= 11 is 0. The average Bonchev–Trinajstić information content (AvgIpc) is 2.31. The minimum atomic E-state index is 0.636. The molecule has 0 fully saturated rings. The van der Waals surface area contributed by atoms with Crippen LogP contribution in [0.15, 0.2) is 0 Å². The highest BCUT2D eigenvalue weighted by atomic mass is 15.3. The van der Waals surface area contributed by atoms with Gasteiger partial charge in [-0.05, 0) is 12.8 Å². The second-order valence-electron chi connectivity index (χ2n) is 6.16. The summed E-state index contributed by atoms with van der Waals surface area (Å²) < 4.78 is 0.855. The minimum Gasteiger partial charge on any atom is -0.317 e. The second-order valence-corrected chi connectivity index (χ2v) is 6.16. The van der Waals surface area contributed by atoms with Crippen molar-refractivity contribution in [2.24, 2.45) is 0 Å². The molecule has 0 heterocycles. The largest absolute Gasteiger partial charge is 0.317 e. The van der Waals surface area contributed by atoms with Crippen LogP contribution in [0.25, 0.3) is 0 Å². The third-order valence-corrected chi connectivity index (χ3v) is 3.62. The Kier molecular flexibility index (Phi) is 11.2. The predicted molar refractivity (Wildman–Crippen MR) is 79.3 cm³/mol. The molecule has 0 aliphatic rings. The maximum atomic E-state index is 8.70. The van der Waals surface area contributed by atoms with Gasteiger partial charge in [0.15, 0.2) is 6.54 Å². The van der Waals surface area contributed by atoms with E-state index in [-0.39, 0.29) is 0 Å². The lowest BCUT2D eigenvalue weighted by Crippen LogP contribution is -2.40. The van der Waals surface area contributed by atoms with Gasteiger partial charge in [0.05, 0.1) is 20.6 Å². The number of hydrogen-bond acceptors (Lipinski definition) is 1. The molecule has 0 saturated heterocycles. The first-order valence-corrected chi connectivity index (χ1v) is 7.81. The molecular formula is C16H33N2+. The highest BCUT2D eigenvalue weighted by Crippen LogP contribution is 2.11. The maximum Gasteiger partial charge on any atom is 0.166 e. The Morgan fingerprint density at radius 2 is 1.22 bits per heavy atom. The van der Waals surface area contributed by atoms with E-state index < -0.39 is 0 Å². The van der Waals surface area contributed by atoms with Crippen molar-refractivity contribution in [3.63, 3.8) is 0 Å². The standard InChI is InChI=1S/C16H33N2/c1-4-5-6-7-8-9-10-11-12-13-15-18(2,3)16-14-17/h4-13,15-16H2,1-3H3/q+1. The second kappa shape index (κ2) is 11.5. The smallest absolute Gasteiger partial charge is 0.166 e. The Morgan fingerprint density at radius 1 is 0.778 bits per heavy atom. The van der Waals surface area contributed by atoms with Gasteiger partial charge in [0, 0.05) is 0 Å². The molecule has 0 unspecified atom stereocenters. The number of unbranched alkanes of at least 4 members (excludes halogenated alkanes) is 9. The fourth-order valence-electron chi connectivity index (χ4n) is 2.30. The molecular weight excluding hydrogens is 220 g/mol. The van der Waals surface area contributed by atoms with Crippen molar-refractivity contribution in [1.29, 1.82) is 5.26 Å². The zero-order valence-electron chi connectivity index (χ0n) is 12.9. The highest BCUT2D eigenvalue weighted by molar-refractivity contribution is 4.66. The molecule has 106 valence electrons. The summed E-state index contributed by atoms with van der Waals surface area (Å²) in [7, 11) is 4.30. The lowest BCUT2D eigenvalue weighted by atomic mass is 10.1. The summed E-state index contributed by atoms with van der Waals surface area (Å²) in [6.07, 6.45) is 13.8. The van der Waals surface area contributed by atoms with Crippen molar-refractivity contribution in [1.82, 2.24) is 0 Å². The topological polar surface area (TPSA) is 23.8 Å². The first-order chi connectivity index (χ1) is 8.62. The maximum absolute atomic E-state index is 8.70. The Morgan fingerprint density at radius 3 is 1.67 bits per heavy atom. The van der Waals surface area contributed by atoms with Crippen molar-refractivity contribution >= 4 is 0 Å². The predicted octanol–water partition coefficient (Wildman–Crippen LogP) is 4.51. The SMILES string of the molecule is CCCCCCCCCCCC[N+](C)(C)CC#N. The number of nitrogens with zero attached hydrogens (tertiary/aromatic N) is 2. The van der Waals surface area contributed by atoms with E-state index in [9.17, 15) is 0 Å². The van der Waals surface area contributed by atoms with Gasteiger partial charge in [-0.2, -0.15) is 5.26 Å². The van der Waals surface area contributed by atoms with Crippen LogP contribution in [-0.2, 0) is 0 Å². The van der Waals surface area contributed by atoms with Gasteiger partial charge in [-0.3, -0.25) is 0 Å². The van der Waals surface area contributed by atoms with E-state index >= 15 is 0 Å². The molecule has 0 rings (SSSR count). The number of hydrogen-bond donors (Lipinski definition) is 0. The van der Waals surface area contributed by atoms with Gasteiger partial charge >= 0.3 is 0 Å². The van der Waals surface area contributed by atoms with E-state index in [1.165, 1.54) is 64.2 Å². The Bertz CT molecular complexity index is 216. The van der Waals surface area contributed by atoms with Gasteiger partial charge < -0.3 is 4.48 Å². The van der Waals surface area contributed by atoms with Gasteiger partial charge in [-0.25, -0.2) is 0 Å². The summed E-state index contributed by atoms with van der Waals surface area (Å²) in [5.74, 6) is 0. The average molecular weight is 253 g/mol. The third kappa shape index (κ3) is 11.9. The minimum absolute atomic E-state index is 0.636. The molecule has 0 saturated carbocycles. The van der Waals surface area contributed by atoms with E-state index in [2.05, 4.69) is 27.1 Å². The zero-order chi connectivity index (χ0) is 13.7. The Hall–Kier alpha value is -0.550. The molecule has 2 heteroatoms. The highest BCUT2D eigenvalue weighted by Gasteiger charge is 2.12. The van der Waals surface area contributed by atoms with Crippen LogP contribution in [-0.4, -0.2) is 31.7 Å². The van der Waals surface area contributed by atoms with Crippen LogP contribution in [0.3, 0.4) is 0 Å². The van der Waals surface area contributed by atoms with E-state index in [0.29, 0.717) is 6.54 Å². The molecule has 0 aromatic carbocycles. The van der Waals surface area contributed by atoms with Crippen molar-refractivity contribution in [3.8, 4) is 6.07 Å². The first-order valence-electron chi connectivity index (χ1n) is 7.81. The monoisotopic (exact) mass is 253 g/mol. The van der Waals surface area contributed by atoms with Crippen molar-refractivity contribution < 1.29 is 4.48 Å². The fraction of sp³-hybridized carbons (Fsp3) is 0.938. The summed E-state index contributed by atoms with van der Waals surface area (Å²) in [4.78, 5) is 0. The Balaban J connectivity index is 3.19. The third-order valence-electron chi connectivity index (χ3n) is 3.62. The molecule has 0 bridgehead atoms. The zero-order valence-corrected chi connectivity index (χ0v) is 12.9. The number of quaternary nitrogens is 1. The normalized spacial score (nSPS) is 11.4. The molecule has 0 aliphatic carbocycles. The van der Waals surface area contributed by atoms with Gasteiger partial charge in [0.25, 0.3) is 0 Å². The van der Waals surface area contributed by atoms with E-state index in [4.69, 9.17) is 5.26 Å². The molecule has 0 N–H and O–H groups in total. The van der Waals surface area contributed by atoms with Crippen molar-refractivity contribution in [3.05, 3.63) is 0 Å². The van der Waals surface area contributed by atoms with Gasteiger partial charge in [0.2, 0.25) is 0 Å². The van der Waals surface area contributed by atoms with E-state index in [0.717, 1.165) is 11.0 Å². The van der Waals surface area contributed by atoms with Gasteiger partial charge in [-0.1, -0.05) is 58.3 Å². The van der Waals surface area contributed by atoms with E-state index in [1.807, 2.05) is 0 Å². The lowest BCUT2D eigenvalue weighted by Gasteiger charge is -2.26. The number of nitriles is 1. The molecule has 18 heavy (non-hydrogen) atoms. The summed E-state index contributed by atoms with van der Waals surface area (Å²) in [6.45, 7) is 4.05. The van der Waals surface area contributed by atoms with Crippen LogP contribution in [0.1, 0.15) is 71.1 Å². The molecule has 0 aromatic heterocycles. The summed E-state index contributed by atoms with van der Waals surface area (Å²) in [5.41, 5.74) is 0. The fourth-order valence-corrected chi connectivity index (χ4v) is 2.30. The van der Waals surface area contributed by atoms with Crippen LogP contribution < -0.4 is 0 Å². The molecule has 0 atom stereocenters. The molecule has 0 radical (unpaired) electrons. The van der Waals surface area contributed by atoms with Gasteiger partial charge in [-0.15, -0.1) is 0 Å². The van der Waals surface area contributed by atoms with Crippen molar-refractivity contribution in [2.45, 2.75) is 71.1 Å². The van der Waals surface area contributed by atoms with Crippen LogP contribution >= 0.6 is 0 Å². The van der Waals surface area contributed by atoms with Crippen LogP contribution in [0, 0.1) is 11.3 Å².